The van der Waals surface area contributed by atoms with Crippen LogP contribution in [0.5, 0.6) is 0 Å². The first kappa shape index (κ1) is 14.4. The van der Waals surface area contributed by atoms with Crippen LogP contribution in [0.25, 0.3) is 0 Å². The van der Waals surface area contributed by atoms with E-state index in [2.05, 4.69) is 0 Å². The van der Waals surface area contributed by atoms with Crippen LogP contribution in [-0.4, -0.2) is 12.1 Å². The lowest BCUT2D eigenvalue weighted by Gasteiger charge is -2.11. The first-order valence-electron chi connectivity index (χ1n) is 6.09. The number of benzene rings is 2. The topological polar surface area (TPSA) is 34.1 Å². The van der Waals surface area contributed by atoms with Crippen LogP contribution in [0.3, 0.4) is 0 Å². The van der Waals surface area contributed by atoms with Crippen LogP contribution in [0.1, 0.15) is 17.0 Å². The van der Waals surface area contributed by atoms with E-state index in [1.165, 1.54) is 18.2 Å². The molecule has 0 fully saturated rings. The maximum Gasteiger partial charge on any atom is 0.151 e. The Hall–Kier alpha value is -2.00. The van der Waals surface area contributed by atoms with Crippen molar-refractivity contribution in [2.75, 3.05) is 0 Å². The summed E-state index contributed by atoms with van der Waals surface area (Å²) >= 11 is 5.98. The lowest BCUT2D eigenvalue weighted by molar-refractivity contribution is -0.123. The molecule has 1 atom stereocenters. The fourth-order valence-corrected chi connectivity index (χ4v) is 2.19. The summed E-state index contributed by atoms with van der Waals surface area (Å²) in [6.45, 7) is 0. The zero-order valence-corrected chi connectivity index (χ0v) is 11.3. The van der Waals surface area contributed by atoms with Gasteiger partial charge in [-0.05, 0) is 17.7 Å². The van der Waals surface area contributed by atoms with E-state index >= 15 is 0 Å². The van der Waals surface area contributed by atoms with Gasteiger partial charge in [-0.25, -0.2) is 4.39 Å². The molecule has 2 rings (SSSR count). The molecule has 0 aliphatic rings. The van der Waals surface area contributed by atoms with Gasteiger partial charge in [0.25, 0.3) is 0 Å². The Labute approximate surface area is 121 Å². The Kier molecular flexibility index (Phi) is 4.64. The first-order valence-corrected chi connectivity index (χ1v) is 6.47. The van der Waals surface area contributed by atoms with Gasteiger partial charge in [-0.2, -0.15) is 0 Å². The summed E-state index contributed by atoms with van der Waals surface area (Å²) in [7, 11) is 0. The lowest BCUT2D eigenvalue weighted by Crippen LogP contribution is -2.17. The highest BCUT2D eigenvalue weighted by Gasteiger charge is 2.23. The highest BCUT2D eigenvalue weighted by atomic mass is 35.5. The molecule has 0 aliphatic heterocycles. The summed E-state index contributed by atoms with van der Waals surface area (Å²) in [5.41, 5.74) is 0.724. The third-order valence-electron chi connectivity index (χ3n) is 3.05. The molecule has 0 saturated carbocycles. The summed E-state index contributed by atoms with van der Waals surface area (Å²) in [5.74, 6) is -2.04. The molecular formula is C16H12ClFO2. The van der Waals surface area contributed by atoms with E-state index in [-0.39, 0.29) is 17.8 Å². The molecule has 2 aromatic carbocycles. The number of carbonyl (C=O) groups excluding carboxylic acids is 2. The van der Waals surface area contributed by atoms with Crippen LogP contribution in [0.4, 0.5) is 4.39 Å². The van der Waals surface area contributed by atoms with Gasteiger partial charge in [-0.1, -0.05) is 48.0 Å². The van der Waals surface area contributed by atoms with Gasteiger partial charge in [0.05, 0.1) is 0 Å². The molecule has 2 aromatic rings. The molecular weight excluding hydrogens is 279 g/mol. The highest BCUT2D eigenvalue weighted by Crippen LogP contribution is 2.22. The van der Waals surface area contributed by atoms with Crippen LogP contribution < -0.4 is 0 Å². The number of rotatable bonds is 5. The van der Waals surface area contributed by atoms with Gasteiger partial charge in [0.2, 0.25) is 0 Å². The molecule has 0 aliphatic carbocycles. The van der Waals surface area contributed by atoms with Crippen molar-refractivity contribution < 1.29 is 14.0 Å². The fourth-order valence-electron chi connectivity index (χ4n) is 1.99. The van der Waals surface area contributed by atoms with Crippen molar-refractivity contribution in [3.63, 3.8) is 0 Å². The smallest absolute Gasteiger partial charge is 0.151 e. The summed E-state index contributed by atoms with van der Waals surface area (Å²) in [4.78, 5) is 23.3. The molecule has 0 amide bonds. The van der Waals surface area contributed by atoms with Gasteiger partial charge in [-0.15, -0.1) is 0 Å². The van der Waals surface area contributed by atoms with Crippen LogP contribution >= 0.6 is 11.6 Å². The number of hydrogen-bond donors (Lipinski definition) is 0. The molecule has 0 spiro atoms. The number of aldehydes is 1. The second-order valence-electron chi connectivity index (χ2n) is 4.37. The van der Waals surface area contributed by atoms with E-state index in [0.717, 1.165) is 0 Å². The van der Waals surface area contributed by atoms with E-state index < -0.39 is 11.7 Å². The second-order valence-corrected chi connectivity index (χ2v) is 4.78. The zero-order chi connectivity index (χ0) is 14.5. The number of halogens is 2. The van der Waals surface area contributed by atoms with Crippen LogP contribution in [0.2, 0.25) is 5.02 Å². The third-order valence-corrected chi connectivity index (χ3v) is 3.41. The van der Waals surface area contributed by atoms with E-state index in [4.69, 9.17) is 11.6 Å². The van der Waals surface area contributed by atoms with E-state index in [1.54, 1.807) is 30.3 Å². The summed E-state index contributed by atoms with van der Waals surface area (Å²) in [6, 6.07) is 12.7. The Morgan fingerprint density at radius 1 is 1.15 bits per heavy atom. The molecule has 2 nitrogen and oxygen atoms in total. The van der Waals surface area contributed by atoms with Crippen molar-refractivity contribution in [3.8, 4) is 0 Å². The molecule has 102 valence electrons. The standard InChI is InChI=1S/C16H12ClFO2/c17-14-7-3-1-5-11(14)9-16(20)13(10-19)12-6-2-4-8-15(12)18/h1-8,10,13H,9H2. The summed E-state index contributed by atoms with van der Waals surface area (Å²) in [5, 5.41) is 0.457. The third kappa shape index (κ3) is 3.11. The van der Waals surface area contributed by atoms with Gasteiger partial charge in [-0.3, -0.25) is 4.79 Å². The first-order chi connectivity index (χ1) is 9.63. The van der Waals surface area contributed by atoms with Gasteiger partial charge >= 0.3 is 0 Å². The fraction of sp³-hybridized carbons (Fsp3) is 0.125. The van der Waals surface area contributed by atoms with Crippen molar-refractivity contribution in [3.05, 3.63) is 70.5 Å². The van der Waals surface area contributed by atoms with Crippen molar-refractivity contribution in [1.82, 2.24) is 0 Å². The predicted octanol–water partition coefficient (Wildman–Crippen LogP) is 3.57. The molecule has 1 unspecified atom stereocenters. The van der Waals surface area contributed by atoms with Crippen LogP contribution in [0, 0.1) is 5.82 Å². The van der Waals surface area contributed by atoms with Crippen molar-refractivity contribution in [2.24, 2.45) is 0 Å². The number of ketones is 1. The number of Topliss-reactive ketones (excluding diaryl/α,β-unsaturated/α-hetero) is 1. The van der Waals surface area contributed by atoms with Crippen molar-refractivity contribution >= 4 is 23.7 Å². The van der Waals surface area contributed by atoms with Gasteiger partial charge in [0, 0.05) is 17.0 Å². The molecule has 0 bridgehead atoms. The van der Waals surface area contributed by atoms with Crippen LogP contribution in [0.15, 0.2) is 48.5 Å². The normalized spacial score (nSPS) is 11.9. The van der Waals surface area contributed by atoms with Gasteiger partial charge in [0.15, 0.2) is 5.78 Å². The quantitative estimate of drug-likeness (QED) is 0.623. The highest BCUT2D eigenvalue weighted by molar-refractivity contribution is 6.31. The molecule has 20 heavy (non-hydrogen) atoms. The largest absolute Gasteiger partial charge is 0.302 e. The minimum Gasteiger partial charge on any atom is -0.302 e. The molecule has 0 N–H and O–H groups in total. The van der Waals surface area contributed by atoms with Crippen LogP contribution in [-0.2, 0) is 16.0 Å². The van der Waals surface area contributed by atoms with E-state index in [0.29, 0.717) is 16.9 Å². The maximum absolute atomic E-state index is 13.7. The number of carbonyl (C=O) groups is 2. The Balaban J connectivity index is 2.25. The Morgan fingerprint density at radius 3 is 2.45 bits per heavy atom. The van der Waals surface area contributed by atoms with Gasteiger partial charge < -0.3 is 4.79 Å². The minimum absolute atomic E-state index is 0.00257. The SMILES string of the molecule is O=CC(C(=O)Cc1ccccc1Cl)c1ccccc1F. The monoisotopic (exact) mass is 290 g/mol. The van der Waals surface area contributed by atoms with Gasteiger partial charge in [0.1, 0.15) is 18.0 Å². The van der Waals surface area contributed by atoms with E-state index in [1.807, 2.05) is 0 Å². The molecule has 4 heteroatoms. The molecule has 0 aromatic heterocycles. The zero-order valence-electron chi connectivity index (χ0n) is 10.6. The average Bonchev–Trinajstić information content (AvgIpc) is 2.44. The summed E-state index contributed by atoms with van der Waals surface area (Å²) in [6.07, 6.45) is 0.467. The number of hydrogen-bond acceptors (Lipinski definition) is 2. The molecule has 0 saturated heterocycles. The Morgan fingerprint density at radius 2 is 1.80 bits per heavy atom. The molecule has 0 heterocycles. The second kappa shape index (κ2) is 6.44. The predicted molar refractivity (Wildman–Crippen MR) is 75.4 cm³/mol. The van der Waals surface area contributed by atoms with E-state index in [9.17, 15) is 14.0 Å². The average molecular weight is 291 g/mol. The van der Waals surface area contributed by atoms with Crippen molar-refractivity contribution in [2.45, 2.75) is 12.3 Å². The minimum atomic E-state index is -1.10. The molecule has 0 radical (unpaired) electrons. The lowest BCUT2D eigenvalue weighted by atomic mass is 9.92. The van der Waals surface area contributed by atoms with Crippen molar-refractivity contribution in [1.29, 1.82) is 0 Å². The summed E-state index contributed by atoms with van der Waals surface area (Å²) < 4.78 is 13.7. The maximum atomic E-state index is 13.7. The Bertz CT molecular complexity index is 640.